The summed E-state index contributed by atoms with van der Waals surface area (Å²) in [6.07, 6.45) is -4.64. The molecule has 0 saturated heterocycles. The molecule has 0 N–H and O–H groups in total. The molecule has 7 heteroatoms. The van der Waals surface area contributed by atoms with Gasteiger partial charge in [-0.05, 0) is 12.1 Å². The van der Waals surface area contributed by atoms with Crippen LogP contribution in [0.4, 0.5) is 13.2 Å². The maximum Gasteiger partial charge on any atom is 0.451 e. The first-order chi connectivity index (χ1) is 7.93. The van der Waals surface area contributed by atoms with E-state index in [9.17, 15) is 13.2 Å². The van der Waals surface area contributed by atoms with Crippen LogP contribution in [0.5, 0.6) is 5.88 Å². The Hall–Kier alpha value is -1.56. The molecule has 1 heterocycles. The third-order valence-electron chi connectivity index (χ3n) is 2.09. The van der Waals surface area contributed by atoms with Crippen LogP contribution in [0.2, 0.25) is 5.02 Å². The van der Waals surface area contributed by atoms with Crippen molar-refractivity contribution in [1.82, 2.24) is 9.97 Å². The minimum Gasteiger partial charge on any atom is -0.480 e. The SMILES string of the molecule is COc1nc(C(F)(F)F)nc2c(Cl)cccc12. The largest absolute Gasteiger partial charge is 0.480 e. The molecule has 1 aromatic carbocycles. The molecule has 1 aromatic heterocycles. The molecule has 0 fully saturated rings. The van der Waals surface area contributed by atoms with Gasteiger partial charge >= 0.3 is 6.18 Å². The van der Waals surface area contributed by atoms with Crippen molar-refractivity contribution >= 4 is 22.5 Å². The van der Waals surface area contributed by atoms with Crippen LogP contribution in [0.3, 0.4) is 0 Å². The second kappa shape index (κ2) is 4.03. The van der Waals surface area contributed by atoms with Gasteiger partial charge in [-0.15, -0.1) is 0 Å². The van der Waals surface area contributed by atoms with E-state index in [1.807, 2.05) is 0 Å². The minimum absolute atomic E-state index is 0.0216. The van der Waals surface area contributed by atoms with E-state index in [4.69, 9.17) is 16.3 Å². The van der Waals surface area contributed by atoms with E-state index in [2.05, 4.69) is 9.97 Å². The molecule has 17 heavy (non-hydrogen) atoms. The Morgan fingerprint density at radius 2 is 1.94 bits per heavy atom. The second-order valence-corrected chi connectivity index (χ2v) is 3.60. The first kappa shape index (κ1) is 11.9. The molecule has 0 radical (unpaired) electrons. The number of nitrogens with zero attached hydrogens (tertiary/aromatic N) is 2. The lowest BCUT2D eigenvalue weighted by Crippen LogP contribution is -2.12. The molecule has 3 nitrogen and oxygen atoms in total. The lowest BCUT2D eigenvalue weighted by Gasteiger charge is -2.09. The number of para-hydroxylation sites is 1. The van der Waals surface area contributed by atoms with Crippen LogP contribution in [0, 0.1) is 0 Å². The Bertz CT molecular complexity index is 571. The lowest BCUT2D eigenvalue weighted by atomic mass is 10.2. The number of aromatic nitrogens is 2. The van der Waals surface area contributed by atoms with Gasteiger partial charge in [0.1, 0.15) is 0 Å². The van der Waals surface area contributed by atoms with Crippen LogP contribution < -0.4 is 4.74 Å². The van der Waals surface area contributed by atoms with Gasteiger partial charge in [0.15, 0.2) is 0 Å². The first-order valence-corrected chi connectivity index (χ1v) is 4.88. The second-order valence-electron chi connectivity index (χ2n) is 3.19. The van der Waals surface area contributed by atoms with Crippen molar-refractivity contribution < 1.29 is 17.9 Å². The summed E-state index contributed by atoms with van der Waals surface area (Å²) in [4.78, 5) is 6.72. The molecule has 0 spiro atoms. The summed E-state index contributed by atoms with van der Waals surface area (Å²) in [5.41, 5.74) is 0.0216. The number of alkyl halides is 3. The average molecular weight is 263 g/mol. The van der Waals surface area contributed by atoms with Gasteiger partial charge in [-0.2, -0.15) is 18.2 Å². The Labute approximate surface area is 99.2 Å². The van der Waals surface area contributed by atoms with Crippen molar-refractivity contribution in [3.63, 3.8) is 0 Å². The van der Waals surface area contributed by atoms with Gasteiger partial charge in [-0.1, -0.05) is 17.7 Å². The minimum atomic E-state index is -4.64. The zero-order valence-electron chi connectivity index (χ0n) is 8.55. The predicted octanol–water partition coefficient (Wildman–Crippen LogP) is 3.31. The molecular formula is C10H6ClF3N2O. The van der Waals surface area contributed by atoms with Gasteiger partial charge in [0.2, 0.25) is 11.7 Å². The molecule has 0 atom stereocenters. The van der Waals surface area contributed by atoms with E-state index < -0.39 is 12.0 Å². The van der Waals surface area contributed by atoms with Crippen LogP contribution in [0.1, 0.15) is 5.82 Å². The molecule has 0 bridgehead atoms. The molecule has 0 aliphatic rings. The normalized spacial score (nSPS) is 11.8. The van der Waals surface area contributed by atoms with Gasteiger partial charge in [0.05, 0.1) is 23.0 Å². The van der Waals surface area contributed by atoms with Gasteiger partial charge in [-0.25, -0.2) is 4.98 Å². The molecule has 0 amide bonds. The molecule has 2 rings (SSSR count). The monoisotopic (exact) mass is 262 g/mol. The van der Waals surface area contributed by atoms with Gasteiger partial charge < -0.3 is 4.74 Å². The number of ether oxygens (including phenoxy) is 1. The molecule has 90 valence electrons. The van der Waals surface area contributed by atoms with E-state index in [0.717, 1.165) is 0 Å². The highest BCUT2D eigenvalue weighted by Crippen LogP contribution is 2.33. The molecule has 2 aromatic rings. The van der Waals surface area contributed by atoms with Crippen LogP contribution >= 0.6 is 11.6 Å². The van der Waals surface area contributed by atoms with Crippen LogP contribution in [-0.2, 0) is 6.18 Å². The molecule has 0 aliphatic carbocycles. The third-order valence-corrected chi connectivity index (χ3v) is 2.39. The summed E-state index contributed by atoms with van der Waals surface area (Å²) in [6.45, 7) is 0. The van der Waals surface area contributed by atoms with Crippen LogP contribution in [0.25, 0.3) is 10.9 Å². The average Bonchev–Trinajstić information content (AvgIpc) is 2.27. The summed E-state index contributed by atoms with van der Waals surface area (Å²) in [7, 11) is 1.24. The van der Waals surface area contributed by atoms with E-state index in [1.54, 1.807) is 12.1 Å². The van der Waals surface area contributed by atoms with Crippen molar-refractivity contribution in [2.45, 2.75) is 6.18 Å². The highest BCUT2D eigenvalue weighted by molar-refractivity contribution is 6.35. The topological polar surface area (TPSA) is 35.0 Å². The number of benzene rings is 1. The first-order valence-electron chi connectivity index (χ1n) is 4.51. The molecule has 0 unspecified atom stereocenters. The van der Waals surface area contributed by atoms with Crippen molar-refractivity contribution in [2.75, 3.05) is 7.11 Å². The Balaban J connectivity index is 2.81. The number of fused-ring (bicyclic) bond motifs is 1. The molecule has 0 aliphatic heterocycles. The molecular weight excluding hydrogens is 257 g/mol. The maximum absolute atomic E-state index is 12.5. The number of hydrogen-bond acceptors (Lipinski definition) is 3. The van der Waals surface area contributed by atoms with Crippen molar-refractivity contribution in [3.8, 4) is 5.88 Å². The van der Waals surface area contributed by atoms with Gasteiger partial charge in [0.25, 0.3) is 0 Å². The fourth-order valence-corrected chi connectivity index (χ4v) is 1.59. The zero-order valence-corrected chi connectivity index (χ0v) is 9.30. The predicted molar refractivity (Wildman–Crippen MR) is 56.1 cm³/mol. The Kier molecular flexibility index (Phi) is 2.82. The fourth-order valence-electron chi connectivity index (χ4n) is 1.37. The fraction of sp³-hybridized carbons (Fsp3) is 0.200. The van der Waals surface area contributed by atoms with E-state index in [-0.39, 0.29) is 16.4 Å². The third kappa shape index (κ3) is 2.12. The van der Waals surface area contributed by atoms with Crippen molar-refractivity contribution in [1.29, 1.82) is 0 Å². The summed E-state index contributed by atoms with van der Waals surface area (Å²) < 4.78 is 42.4. The molecule has 0 saturated carbocycles. The van der Waals surface area contributed by atoms with Crippen molar-refractivity contribution in [3.05, 3.63) is 29.0 Å². The van der Waals surface area contributed by atoms with Crippen molar-refractivity contribution in [2.24, 2.45) is 0 Å². The maximum atomic E-state index is 12.5. The number of rotatable bonds is 1. The number of methoxy groups -OCH3 is 1. The number of hydrogen-bond donors (Lipinski definition) is 0. The zero-order chi connectivity index (χ0) is 12.6. The van der Waals surface area contributed by atoms with Crippen LogP contribution in [-0.4, -0.2) is 17.1 Å². The van der Waals surface area contributed by atoms with Gasteiger partial charge in [-0.3, -0.25) is 0 Å². The highest BCUT2D eigenvalue weighted by atomic mass is 35.5. The summed E-state index contributed by atoms with van der Waals surface area (Å²) in [5.74, 6) is -1.42. The lowest BCUT2D eigenvalue weighted by molar-refractivity contribution is -0.144. The van der Waals surface area contributed by atoms with Gasteiger partial charge in [0, 0.05) is 0 Å². The Morgan fingerprint density at radius 3 is 2.53 bits per heavy atom. The summed E-state index contributed by atoms with van der Waals surface area (Å²) >= 11 is 5.79. The van der Waals surface area contributed by atoms with Crippen LogP contribution in [0.15, 0.2) is 18.2 Å². The standard InChI is InChI=1S/C10H6ClF3N2O/c1-17-8-5-3-2-4-6(11)7(5)15-9(16-8)10(12,13)14/h2-4H,1H3. The summed E-state index contributed by atoms with van der Waals surface area (Å²) in [5, 5.41) is 0.460. The quantitative estimate of drug-likeness (QED) is 0.791. The van der Waals surface area contributed by atoms with E-state index >= 15 is 0 Å². The highest BCUT2D eigenvalue weighted by Gasteiger charge is 2.36. The Morgan fingerprint density at radius 1 is 1.24 bits per heavy atom. The smallest absolute Gasteiger partial charge is 0.451 e. The summed E-state index contributed by atoms with van der Waals surface area (Å²) in [6, 6.07) is 4.58. The number of halogens is 4. The van der Waals surface area contributed by atoms with E-state index in [0.29, 0.717) is 5.39 Å². The van der Waals surface area contributed by atoms with E-state index in [1.165, 1.54) is 13.2 Å².